The Hall–Kier alpha value is -1.01. The Morgan fingerprint density at radius 2 is 2.20 bits per heavy atom. The van der Waals surface area contributed by atoms with E-state index in [2.05, 4.69) is 15.3 Å². The number of aliphatic hydroxyl groups excluding tert-OH is 1. The van der Waals surface area contributed by atoms with Gasteiger partial charge in [0.15, 0.2) is 0 Å². The Morgan fingerprint density at radius 3 is 2.80 bits per heavy atom. The maximum absolute atomic E-state index is 12.0. The molecule has 1 rings (SSSR count). The maximum Gasteiger partial charge on any atom is 0.265 e. The van der Waals surface area contributed by atoms with Gasteiger partial charge in [-0.05, 0) is 6.92 Å². The third-order valence-corrected chi connectivity index (χ3v) is 2.17. The van der Waals surface area contributed by atoms with E-state index in [0.29, 0.717) is 11.4 Å². The molecule has 1 atom stereocenters. The lowest BCUT2D eigenvalue weighted by molar-refractivity contribution is 0.00380. The fraction of sp³-hybridized carbons (Fsp3) is 0.500. The van der Waals surface area contributed by atoms with Crippen LogP contribution in [0.25, 0.3) is 0 Å². The van der Waals surface area contributed by atoms with E-state index < -0.39 is 12.5 Å². The summed E-state index contributed by atoms with van der Waals surface area (Å²) in [7, 11) is 0. The number of aliphatic hydroxyl groups is 1. The van der Waals surface area contributed by atoms with Crippen LogP contribution < -0.4 is 5.32 Å². The minimum absolute atomic E-state index is 0.249. The lowest BCUT2D eigenvalue weighted by Crippen LogP contribution is -2.27. The van der Waals surface area contributed by atoms with Crippen molar-refractivity contribution in [3.63, 3.8) is 0 Å². The summed E-state index contributed by atoms with van der Waals surface area (Å²) < 4.78 is 23.9. The summed E-state index contributed by atoms with van der Waals surface area (Å²) in [6.45, 7) is 1.37. The van der Waals surface area contributed by atoms with Gasteiger partial charge in [-0.1, -0.05) is 11.6 Å². The Morgan fingerprint density at radius 1 is 1.53 bits per heavy atom. The average Bonchev–Trinajstić information content (AvgIpc) is 2.19. The Balaban J connectivity index is 2.62. The molecular weight excluding hydrogens is 228 g/mol. The van der Waals surface area contributed by atoms with Crippen molar-refractivity contribution >= 4 is 17.4 Å². The number of anilines is 1. The predicted octanol–water partition coefficient (Wildman–Crippen LogP) is 1.48. The standard InChI is InChI=1S/C8H10ClF2N3O/c1-4-6(9)13-3-14-8(4)12-2-5(15)7(10)11/h3,5,7,15H,2H2,1H3,(H,12,13,14). The molecule has 4 nitrogen and oxygen atoms in total. The largest absolute Gasteiger partial charge is 0.385 e. The van der Waals surface area contributed by atoms with Gasteiger partial charge in [-0.2, -0.15) is 0 Å². The van der Waals surface area contributed by atoms with Gasteiger partial charge in [0, 0.05) is 12.1 Å². The highest BCUT2D eigenvalue weighted by atomic mass is 35.5. The fourth-order valence-electron chi connectivity index (χ4n) is 0.897. The second kappa shape index (κ2) is 5.18. The topological polar surface area (TPSA) is 58.0 Å². The maximum atomic E-state index is 12.0. The van der Waals surface area contributed by atoms with E-state index in [0.717, 1.165) is 0 Å². The second-order valence-electron chi connectivity index (χ2n) is 2.92. The third-order valence-electron chi connectivity index (χ3n) is 1.79. The van der Waals surface area contributed by atoms with Gasteiger partial charge in [0.2, 0.25) is 0 Å². The Bertz CT molecular complexity index is 338. The van der Waals surface area contributed by atoms with Crippen molar-refractivity contribution in [2.24, 2.45) is 0 Å². The first-order valence-electron chi connectivity index (χ1n) is 4.19. The zero-order valence-corrected chi connectivity index (χ0v) is 8.67. The Kier molecular flexibility index (Phi) is 4.16. The van der Waals surface area contributed by atoms with Crippen LogP contribution in [0.3, 0.4) is 0 Å². The molecule has 1 aromatic heterocycles. The van der Waals surface area contributed by atoms with Crippen LogP contribution >= 0.6 is 11.6 Å². The van der Waals surface area contributed by atoms with Crippen LogP contribution in [0.2, 0.25) is 5.15 Å². The number of halogens is 3. The molecular formula is C8H10ClF2N3O. The monoisotopic (exact) mass is 237 g/mol. The van der Waals surface area contributed by atoms with Gasteiger partial charge >= 0.3 is 0 Å². The lowest BCUT2D eigenvalue weighted by Gasteiger charge is -2.12. The minimum atomic E-state index is -2.78. The van der Waals surface area contributed by atoms with Gasteiger partial charge < -0.3 is 10.4 Å². The molecule has 0 fully saturated rings. The molecule has 84 valence electrons. The van der Waals surface area contributed by atoms with Crippen LogP contribution in [-0.4, -0.2) is 34.1 Å². The summed E-state index contributed by atoms with van der Waals surface area (Å²) in [5.74, 6) is 0.342. The van der Waals surface area contributed by atoms with Gasteiger partial charge in [-0.15, -0.1) is 0 Å². The molecule has 0 amide bonds. The van der Waals surface area contributed by atoms with Crippen LogP contribution in [0.1, 0.15) is 5.56 Å². The normalized spacial score (nSPS) is 12.9. The molecule has 0 bridgehead atoms. The van der Waals surface area contributed by atoms with E-state index >= 15 is 0 Å². The predicted molar refractivity (Wildman–Crippen MR) is 52.3 cm³/mol. The molecule has 0 saturated heterocycles. The van der Waals surface area contributed by atoms with E-state index in [1.54, 1.807) is 6.92 Å². The number of aromatic nitrogens is 2. The summed E-state index contributed by atoms with van der Waals surface area (Å²) in [5.41, 5.74) is 0.556. The van der Waals surface area contributed by atoms with Crippen LogP contribution in [0.5, 0.6) is 0 Å². The first kappa shape index (κ1) is 12.1. The average molecular weight is 238 g/mol. The van der Waals surface area contributed by atoms with Crippen molar-refractivity contribution in [2.45, 2.75) is 19.5 Å². The number of rotatable bonds is 4. The van der Waals surface area contributed by atoms with Gasteiger partial charge in [0.05, 0.1) is 0 Å². The van der Waals surface area contributed by atoms with E-state index in [4.69, 9.17) is 16.7 Å². The first-order chi connectivity index (χ1) is 7.02. The zero-order valence-electron chi connectivity index (χ0n) is 7.91. The second-order valence-corrected chi connectivity index (χ2v) is 3.28. The van der Waals surface area contributed by atoms with Crippen molar-refractivity contribution in [2.75, 3.05) is 11.9 Å². The molecule has 1 aromatic rings. The number of hydrogen-bond donors (Lipinski definition) is 2. The molecule has 1 heterocycles. The summed E-state index contributed by atoms with van der Waals surface area (Å²) in [6.07, 6.45) is -3.29. The van der Waals surface area contributed by atoms with Crippen LogP contribution in [0.4, 0.5) is 14.6 Å². The summed E-state index contributed by atoms with van der Waals surface area (Å²) in [4.78, 5) is 7.51. The number of alkyl halides is 2. The molecule has 7 heteroatoms. The smallest absolute Gasteiger partial charge is 0.265 e. The molecule has 0 aliphatic carbocycles. The zero-order chi connectivity index (χ0) is 11.4. The molecule has 0 aromatic carbocycles. The van der Waals surface area contributed by atoms with E-state index in [9.17, 15) is 8.78 Å². The molecule has 0 spiro atoms. The quantitative estimate of drug-likeness (QED) is 0.779. The van der Waals surface area contributed by atoms with Crippen molar-refractivity contribution in [3.8, 4) is 0 Å². The highest BCUT2D eigenvalue weighted by Crippen LogP contribution is 2.17. The molecule has 0 radical (unpaired) electrons. The molecule has 1 unspecified atom stereocenters. The molecule has 15 heavy (non-hydrogen) atoms. The highest BCUT2D eigenvalue weighted by Gasteiger charge is 2.17. The van der Waals surface area contributed by atoms with Crippen molar-refractivity contribution < 1.29 is 13.9 Å². The van der Waals surface area contributed by atoms with Gasteiger partial charge in [-0.3, -0.25) is 0 Å². The van der Waals surface area contributed by atoms with Crippen LogP contribution in [0.15, 0.2) is 6.33 Å². The lowest BCUT2D eigenvalue weighted by atomic mass is 10.3. The van der Waals surface area contributed by atoms with Crippen LogP contribution in [0, 0.1) is 6.92 Å². The highest BCUT2D eigenvalue weighted by molar-refractivity contribution is 6.30. The van der Waals surface area contributed by atoms with E-state index in [-0.39, 0.29) is 11.7 Å². The van der Waals surface area contributed by atoms with Gasteiger partial charge in [0.25, 0.3) is 6.43 Å². The SMILES string of the molecule is Cc1c(Cl)ncnc1NCC(O)C(F)F. The van der Waals surface area contributed by atoms with E-state index in [1.165, 1.54) is 6.33 Å². The number of nitrogens with one attached hydrogen (secondary N) is 1. The Labute approximate surface area is 90.3 Å². The van der Waals surface area contributed by atoms with Crippen molar-refractivity contribution in [1.82, 2.24) is 9.97 Å². The number of nitrogens with zero attached hydrogens (tertiary/aromatic N) is 2. The van der Waals surface area contributed by atoms with Gasteiger partial charge in [-0.25, -0.2) is 18.7 Å². The van der Waals surface area contributed by atoms with Crippen molar-refractivity contribution in [1.29, 1.82) is 0 Å². The molecule has 2 N–H and O–H groups in total. The van der Waals surface area contributed by atoms with Crippen LogP contribution in [-0.2, 0) is 0 Å². The summed E-state index contributed by atoms with van der Waals surface area (Å²) in [6, 6.07) is 0. The molecule has 0 aliphatic heterocycles. The number of hydrogen-bond acceptors (Lipinski definition) is 4. The first-order valence-corrected chi connectivity index (χ1v) is 4.57. The summed E-state index contributed by atoms with van der Waals surface area (Å²) >= 11 is 5.69. The third kappa shape index (κ3) is 3.24. The van der Waals surface area contributed by atoms with Gasteiger partial charge in [0.1, 0.15) is 23.4 Å². The molecule has 0 aliphatic rings. The van der Waals surface area contributed by atoms with Crippen molar-refractivity contribution in [3.05, 3.63) is 17.0 Å². The minimum Gasteiger partial charge on any atom is -0.385 e. The fourth-order valence-corrected chi connectivity index (χ4v) is 1.03. The molecule has 0 saturated carbocycles. The van der Waals surface area contributed by atoms with E-state index in [1.807, 2.05) is 0 Å². The summed E-state index contributed by atoms with van der Waals surface area (Å²) in [5, 5.41) is 11.7.